The molecule has 0 amide bonds. The number of hydrogen-bond acceptors (Lipinski definition) is 0. The fourth-order valence-corrected chi connectivity index (χ4v) is 1.66. The SMILES string of the molecule is C1=C\CCCCCC/C=C/C/C=C/C/1. The first kappa shape index (κ1) is 11.3. The van der Waals surface area contributed by atoms with Crippen molar-refractivity contribution in [3.8, 4) is 0 Å². The number of allylic oxidation sites excluding steroid dienone is 6. The summed E-state index contributed by atoms with van der Waals surface area (Å²) in [5, 5.41) is 0. The van der Waals surface area contributed by atoms with E-state index < -0.39 is 0 Å². The van der Waals surface area contributed by atoms with E-state index in [9.17, 15) is 0 Å². The summed E-state index contributed by atoms with van der Waals surface area (Å²) in [5.74, 6) is 0. The molecule has 0 radical (unpaired) electrons. The first-order valence-corrected chi connectivity index (χ1v) is 5.95. The number of hydrogen-bond donors (Lipinski definition) is 0. The maximum absolute atomic E-state index is 2.33. The zero-order valence-electron chi connectivity index (χ0n) is 9.12. The molecule has 0 atom stereocenters. The van der Waals surface area contributed by atoms with Gasteiger partial charge in [0.2, 0.25) is 0 Å². The van der Waals surface area contributed by atoms with Gasteiger partial charge in [0.15, 0.2) is 0 Å². The third kappa shape index (κ3) is 6.71. The lowest BCUT2D eigenvalue weighted by Crippen LogP contribution is -1.77. The van der Waals surface area contributed by atoms with Crippen LogP contribution in [0.25, 0.3) is 0 Å². The summed E-state index contributed by atoms with van der Waals surface area (Å²) in [6, 6.07) is 0. The molecule has 0 spiro atoms. The smallest absolute Gasteiger partial charge is 0.0169 e. The molecule has 1 rings (SSSR count). The van der Waals surface area contributed by atoms with Crippen molar-refractivity contribution in [1.29, 1.82) is 0 Å². The topological polar surface area (TPSA) is 0 Å². The maximum Gasteiger partial charge on any atom is -0.0169 e. The lowest BCUT2D eigenvalue weighted by atomic mass is 10.1. The quantitative estimate of drug-likeness (QED) is 0.482. The molecule has 0 bridgehead atoms. The molecule has 0 unspecified atom stereocenters. The average Bonchev–Trinajstić information content (AvgIpc) is 2.22. The third-order valence-corrected chi connectivity index (χ3v) is 2.54. The van der Waals surface area contributed by atoms with Crippen molar-refractivity contribution in [2.75, 3.05) is 0 Å². The molecule has 0 saturated heterocycles. The standard InChI is InChI=1S/C14H22/c1-2-4-6-8-10-12-14-13-11-9-7-5-3-1/h1-2,5-8H,3-4,9-14H2/b2-1+,7-5-,8-6+. The van der Waals surface area contributed by atoms with Gasteiger partial charge in [0, 0.05) is 0 Å². The van der Waals surface area contributed by atoms with Crippen LogP contribution in [0.1, 0.15) is 51.4 Å². The van der Waals surface area contributed by atoms with E-state index in [1.807, 2.05) is 0 Å². The van der Waals surface area contributed by atoms with Crippen LogP contribution in [0, 0.1) is 0 Å². The largest absolute Gasteiger partial charge is 0.0882 e. The summed E-state index contributed by atoms with van der Waals surface area (Å²) in [6.45, 7) is 0. The molecule has 0 fully saturated rings. The Balaban J connectivity index is 2.26. The lowest BCUT2D eigenvalue weighted by Gasteiger charge is -1.97. The van der Waals surface area contributed by atoms with Crippen LogP contribution in [0.5, 0.6) is 0 Å². The Hall–Kier alpha value is -0.780. The van der Waals surface area contributed by atoms with E-state index in [4.69, 9.17) is 0 Å². The molecular weight excluding hydrogens is 168 g/mol. The van der Waals surface area contributed by atoms with Crippen LogP contribution < -0.4 is 0 Å². The van der Waals surface area contributed by atoms with E-state index >= 15 is 0 Å². The Morgan fingerprint density at radius 3 is 1.36 bits per heavy atom. The minimum Gasteiger partial charge on any atom is -0.0882 e. The van der Waals surface area contributed by atoms with Gasteiger partial charge in [-0.05, 0) is 38.5 Å². The second-order valence-electron chi connectivity index (χ2n) is 3.88. The van der Waals surface area contributed by atoms with Crippen molar-refractivity contribution in [3.63, 3.8) is 0 Å². The molecule has 0 aromatic carbocycles. The second kappa shape index (κ2) is 8.80. The Kier molecular flexibility index (Phi) is 7.10. The summed E-state index contributed by atoms with van der Waals surface area (Å²) in [7, 11) is 0. The van der Waals surface area contributed by atoms with Crippen molar-refractivity contribution >= 4 is 0 Å². The van der Waals surface area contributed by atoms with Crippen molar-refractivity contribution in [3.05, 3.63) is 36.5 Å². The average molecular weight is 190 g/mol. The van der Waals surface area contributed by atoms with E-state index in [0.29, 0.717) is 0 Å². The summed E-state index contributed by atoms with van der Waals surface area (Å²) in [6.07, 6.45) is 24.0. The highest BCUT2D eigenvalue weighted by molar-refractivity contribution is 4.97. The highest BCUT2D eigenvalue weighted by atomic mass is 13.9. The Morgan fingerprint density at radius 2 is 0.857 bits per heavy atom. The highest BCUT2D eigenvalue weighted by Crippen LogP contribution is 2.07. The molecule has 0 N–H and O–H groups in total. The first-order valence-electron chi connectivity index (χ1n) is 5.95. The van der Waals surface area contributed by atoms with Gasteiger partial charge < -0.3 is 0 Å². The molecule has 0 saturated carbocycles. The second-order valence-corrected chi connectivity index (χ2v) is 3.88. The fraction of sp³-hybridized carbons (Fsp3) is 0.571. The Morgan fingerprint density at radius 1 is 0.429 bits per heavy atom. The summed E-state index contributed by atoms with van der Waals surface area (Å²) in [4.78, 5) is 0. The highest BCUT2D eigenvalue weighted by Gasteiger charge is 1.87. The van der Waals surface area contributed by atoms with Gasteiger partial charge in [0.1, 0.15) is 0 Å². The van der Waals surface area contributed by atoms with Crippen LogP contribution in [0.2, 0.25) is 0 Å². The Labute approximate surface area is 88.4 Å². The molecular formula is C14H22. The maximum atomic E-state index is 2.33. The normalized spacial score (nSPS) is 27.4. The molecule has 0 nitrogen and oxygen atoms in total. The molecule has 1 aliphatic rings. The van der Waals surface area contributed by atoms with Gasteiger partial charge in [-0.2, -0.15) is 0 Å². The van der Waals surface area contributed by atoms with Crippen LogP contribution >= 0.6 is 0 Å². The summed E-state index contributed by atoms with van der Waals surface area (Å²) >= 11 is 0. The van der Waals surface area contributed by atoms with Crippen molar-refractivity contribution < 1.29 is 0 Å². The van der Waals surface area contributed by atoms with Gasteiger partial charge in [-0.3, -0.25) is 0 Å². The van der Waals surface area contributed by atoms with E-state index in [0.717, 1.165) is 12.8 Å². The van der Waals surface area contributed by atoms with Gasteiger partial charge in [0.25, 0.3) is 0 Å². The van der Waals surface area contributed by atoms with Gasteiger partial charge >= 0.3 is 0 Å². The molecule has 0 heterocycles. The van der Waals surface area contributed by atoms with Crippen LogP contribution in [0.4, 0.5) is 0 Å². The minimum atomic E-state index is 1.10. The molecule has 0 aliphatic heterocycles. The zero-order valence-corrected chi connectivity index (χ0v) is 9.12. The van der Waals surface area contributed by atoms with Crippen molar-refractivity contribution in [2.45, 2.75) is 51.4 Å². The predicted molar refractivity (Wildman–Crippen MR) is 64.4 cm³/mol. The van der Waals surface area contributed by atoms with Crippen LogP contribution in [0.15, 0.2) is 36.5 Å². The van der Waals surface area contributed by atoms with E-state index in [2.05, 4.69) is 36.5 Å². The van der Waals surface area contributed by atoms with Crippen LogP contribution in [0.3, 0.4) is 0 Å². The fourth-order valence-electron chi connectivity index (χ4n) is 1.66. The number of rotatable bonds is 0. The lowest BCUT2D eigenvalue weighted by molar-refractivity contribution is 0.651. The molecule has 0 heteroatoms. The van der Waals surface area contributed by atoms with Crippen LogP contribution in [-0.2, 0) is 0 Å². The molecule has 0 aromatic rings. The zero-order chi connectivity index (χ0) is 9.90. The van der Waals surface area contributed by atoms with E-state index in [1.165, 1.54) is 38.5 Å². The van der Waals surface area contributed by atoms with E-state index in [1.54, 1.807) is 0 Å². The molecule has 78 valence electrons. The molecule has 0 aromatic heterocycles. The minimum absolute atomic E-state index is 1.10. The monoisotopic (exact) mass is 190 g/mol. The first-order chi connectivity index (χ1) is 7.00. The van der Waals surface area contributed by atoms with Crippen LogP contribution in [-0.4, -0.2) is 0 Å². The van der Waals surface area contributed by atoms with Gasteiger partial charge in [0.05, 0.1) is 0 Å². The Bertz CT molecular complexity index is 174. The van der Waals surface area contributed by atoms with E-state index in [-0.39, 0.29) is 0 Å². The summed E-state index contributed by atoms with van der Waals surface area (Å²) in [5.41, 5.74) is 0. The summed E-state index contributed by atoms with van der Waals surface area (Å²) < 4.78 is 0. The van der Waals surface area contributed by atoms with Crippen molar-refractivity contribution in [1.82, 2.24) is 0 Å². The molecule has 1 aliphatic carbocycles. The molecule has 14 heavy (non-hydrogen) atoms. The van der Waals surface area contributed by atoms with Gasteiger partial charge in [-0.15, -0.1) is 0 Å². The van der Waals surface area contributed by atoms with Gasteiger partial charge in [-0.1, -0.05) is 49.3 Å². The third-order valence-electron chi connectivity index (χ3n) is 2.54. The van der Waals surface area contributed by atoms with Crippen molar-refractivity contribution in [2.24, 2.45) is 0 Å². The van der Waals surface area contributed by atoms with Gasteiger partial charge in [-0.25, -0.2) is 0 Å². The predicted octanol–water partition coefficient (Wildman–Crippen LogP) is 4.79.